The van der Waals surface area contributed by atoms with Crippen molar-refractivity contribution in [3.05, 3.63) is 48.5 Å². The van der Waals surface area contributed by atoms with Crippen molar-refractivity contribution >= 4 is 45.0 Å². The number of benzene rings is 2. The molecule has 172 valence electrons. The molecule has 7 nitrogen and oxygen atoms in total. The number of hydrogen-bond acceptors (Lipinski definition) is 7. The van der Waals surface area contributed by atoms with Crippen molar-refractivity contribution in [1.82, 2.24) is 9.88 Å². The number of carbonyl (C=O) groups excluding carboxylic acids is 1. The number of methoxy groups -OCH3 is 1. The van der Waals surface area contributed by atoms with E-state index in [0.29, 0.717) is 23.2 Å². The summed E-state index contributed by atoms with van der Waals surface area (Å²) in [4.78, 5) is 22.0. The van der Waals surface area contributed by atoms with Crippen molar-refractivity contribution in [2.75, 3.05) is 58.0 Å². The standard InChI is InChI=1S/C23H27N3O4S.ClH/c1-28-19-8-3-4-9-20(19)30-17-22(27)26(12-6-11-25-13-15-29-16-14-25)23-24-18-7-2-5-10-21(18)31-23;/h2-5,7-10H,6,11-17H2,1H3;1H. The molecule has 0 atom stereocenters. The van der Waals surface area contributed by atoms with E-state index in [-0.39, 0.29) is 24.9 Å². The molecule has 32 heavy (non-hydrogen) atoms. The summed E-state index contributed by atoms with van der Waals surface area (Å²) in [5.74, 6) is 1.04. The average molecular weight is 478 g/mol. The Morgan fingerprint density at radius 1 is 1.12 bits per heavy atom. The van der Waals surface area contributed by atoms with Gasteiger partial charge in [0.1, 0.15) is 0 Å². The molecule has 2 heterocycles. The lowest BCUT2D eigenvalue weighted by molar-refractivity contribution is -0.120. The van der Waals surface area contributed by atoms with Gasteiger partial charge in [0, 0.05) is 26.2 Å². The highest BCUT2D eigenvalue weighted by Gasteiger charge is 2.21. The Balaban J connectivity index is 0.00000289. The van der Waals surface area contributed by atoms with E-state index in [1.54, 1.807) is 18.1 Å². The van der Waals surface area contributed by atoms with Crippen molar-refractivity contribution in [2.24, 2.45) is 0 Å². The zero-order valence-electron chi connectivity index (χ0n) is 18.1. The predicted molar refractivity (Wildman–Crippen MR) is 130 cm³/mol. The quantitative estimate of drug-likeness (QED) is 0.466. The van der Waals surface area contributed by atoms with E-state index in [9.17, 15) is 4.79 Å². The van der Waals surface area contributed by atoms with Gasteiger partial charge >= 0.3 is 0 Å². The summed E-state index contributed by atoms with van der Waals surface area (Å²) >= 11 is 1.53. The van der Waals surface area contributed by atoms with Crippen molar-refractivity contribution < 1.29 is 19.0 Å². The number of ether oxygens (including phenoxy) is 3. The van der Waals surface area contributed by atoms with Gasteiger partial charge in [-0.25, -0.2) is 4.98 Å². The molecule has 1 amide bonds. The van der Waals surface area contributed by atoms with Crippen LogP contribution in [0.25, 0.3) is 10.2 Å². The molecule has 1 aliphatic heterocycles. The van der Waals surface area contributed by atoms with Crippen molar-refractivity contribution in [3.63, 3.8) is 0 Å². The third-order valence-electron chi connectivity index (χ3n) is 5.19. The Morgan fingerprint density at radius 2 is 1.84 bits per heavy atom. The molecule has 1 aromatic heterocycles. The summed E-state index contributed by atoms with van der Waals surface area (Å²) in [5, 5.41) is 0.705. The van der Waals surface area contributed by atoms with Gasteiger partial charge in [0.25, 0.3) is 5.91 Å². The van der Waals surface area contributed by atoms with E-state index >= 15 is 0 Å². The lowest BCUT2D eigenvalue weighted by Crippen LogP contribution is -2.40. The molecule has 0 spiro atoms. The zero-order valence-corrected chi connectivity index (χ0v) is 19.7. The van der Waals surface area contributed by atoms with Gasteiger partial charge in [-0.2, -0.15) is 0 Å². The summed E-state index contributed by atoms with van der Waals surface area (Å²) in [7, 11) is 1.59. The topological polar surface area (TPSA) is 64.1 Å². The smallest absolute Gasteiger partial charge is 0.266 e. The molecule has 1 fully saturated rings. The van der Waals surface area contributed by atoms with E-state index in [0.717, 1.165) is 49.5 Å². The van der Waals surface area contributed by atoms with Crippen LogP contribution in [0.4, 0.5) is 5.13 Å². The zero-order chi connectivity index (χ0) is 21.5. The number of aromatic nitrogens is 1. The molecule has 0 saturated carbocycles. The van der Waals surface area contributed by atoms with E-state index in [1.165, 1.54) is 11.3 Å². The summed E-state index contributed by atoms with van der Waals surface area (Å²) in [6.45, 7) is 4.85. The van der Waals surface area contributed by atoms with Gasteiger partial charge in [0.15, 0.2) is 23.2 Å². The Labute approximate surface area is 198 Å². The monoisotopic (exact) mass is 477 g/mol. The number of halogens is 1. The van der Waals surface area contributed by atoms with Gasteiger partial charge in [-0.3, -0.25) is 14.6 Å². The third kappa shape index (κ3) is 6.10. The van der Waals surface area contributed by atoms with Gasteiger partial charge in [0.05, 0.1) is 30.5 Å². The van der Waals surface area contributed by atoms with Crippen LogP contribution in [0.2, 0.25) is 0 Å². The Hall–Kier alpha value is -2.39. The molecular formula is C23H28ClN3O4S. The maximum Gasteiger partial charge on any atom is 0.266 e. The molecule has 1 saturated heterocycles. The summed E-state index contributed by atoms with van der Waals surface area (Å²) in [6, 6.07) is 15.3. The van der Waals surface area contributed by atoms with Crippen LogP contribution in [0.15, 0.2) is 48.5 Å². The average Bonchev–Trinajstić information content (AvgIpc) is 3.25. The molecule has 0 N–H and O–H groups in total. The second-order valence-corrected chi connectivity index (χ2v) is 8.27. The second-order valence-electron chi connectivity index (χ2n) is 7.26. The largest absolute Gasteiger partial charge is 0.493 e. The van der Waals surface area contributed by atoms with Crippen LogP contribution in [0.5, 0.6) is 11.5 Å². The van der Waals surface area contributed by atoms with E-state index < -0.39 is 0 Å². The molecule has 0 unspecified atom stereocenters. The molecule has 0 aliphatic carbocycles. The summed E-state index contributed by atoms with van der Waals surface area (Å²) < 4.78 is 17.6. The Bertz CT molecular complexity index is 977. The SMILES string of the molecule is COc1ccccc1OCC(=O)N(CCCN1CCOCC1)c1nc2ccccc2s1.Cl. The normalized spacial score (nSPS) is 14.0. The van der Waals surface area contributed by atoms with E-state index in [1.807, 2.05) is 42.5 Å². The fraction of sp³-hybridized carbons (Fsp3) is 0.391. The first-order valence-corrected chi connectivity index (χ1v) is 11.3. The molecule has 2 aromatic carbocycles. The first kappa shape index (κ1) is 24.3. The highest BCUT2D eigenvalue weighted by Crippen LogP contribution is 2.30. The summed E-state index contributed by atoms with van der Waals surface area (Å²) in [5.41, 5.74) is 0.902. The van der Waals surface area contributed by atoms with Gasteiger partial charge in [-0.15, -0.1) is 12.4 Å². The lowest BCUT2D eigenvalue weighted by atomic mass is 10.3. The maximum atomic E-state index is 13.2. The van der Waals surface area contributed by atoms with Crippen LogP contribution >= 0.6 is 23.7 Å². The van der Waals surface area contributed by atoms with E-state index in [2.05, 4.69) is 4.90 Å². The number of thiazole rings is 1. The van der Waals surface area contributed by atoms with Gasteiger partial charge in [-0.1, -0.05) is 35.6 Å². The second kappa shape index (κ2) is 12.0. The Morgan fingerprint density at radius 3 is 2.59 bits per heavy atom. The molecule has 0 bridgehead atoms. The summed E-state index contributed by atoms with van der Waals surface area (Å²) in [6.07, 6.45) is 0.857. The molecule has 3 aromatic rings. The number of para-hydroxylation sites is 3. The number of anilines is 1. The van der Waals surface area contributed by atoms with Gasteiger partial charge in [0.2, 0.25) is 0 Å². The van der Waals surface area contributed by atoms with Gasteiger partial charge < -0.3 is 14.2 Å². The molecule has 0 radical (unpaired) electrons. The minimum atomic E-state index is -0.119. The molecule has 9 heteroatoms. The number of morpholine rings is 1. The minimum absolute atomic E-state index is 0. The predicted octanol–water partition coefficient (Wildman–Crippen LogP) is 3.86. The number of rotatable bonds is 9. The first-order valence-electron chi connectivity index (χ1n) is 10.5. The molecule has 1 aliphatic rings. The van der Waals surface area contributed by atoms with Crippen LogP contribution in [-0.2, 0) is 9.53 Å². The molecule has 4 rings (SSSR count). The Kier molecular flexibility index (Phi) is 9.11. The molecular weight excluding hydrogens is 450 g/mol. The van der Waals surface area contributed by atoms with Crippen molar-refractivity contribution in [1.29, 1.82) is 0 Å². The van der Waals surface area contributed by atoms with Crippen molar-refractivity contribution in [2.45, 2.75) is 6.42 Å². The van der Waals surface area contributed by atoms with Crippen molar-refractivity contribution in [3.8, 4) is 11.5 Å². The van der Waals surface area contributed by atoms with Crippen LogP contribution < -0.4 is 14.4 Å². The van der Waals surface area contributed by atoms with Crippen LogP contribution in [0, 0.1) is 0 Å². The van der Waals surface area contributed by atoms with Crippen LogP contribution in [0.1, 0.15) is 6.42 Å². The van der Waals surface area contributed by atoms with Crippen LogP contribution in [-0.4, -0.2) is 68.9 Å². The van der Waals surface area contributed by atoms with E-state index in [4.69, 9.17) is 19.2 Å². The number of amides is 1. The number of carbonyl (C=O) groups is 1. The fourth-order valence-corrected chi connectivity index (χ4v) is 4.54. The lowest BCUT2D eigenvalue weighted by Gasteiger charge is -2.27. The first-order chi connectivity index (χ1) is 15.2. The number of fused-ring (bicyclic) bond motifs is 1. The highest BCUT2D eigenvalue weighted by molar-refractivity contribution is 7.22. The maximum absolute atomic E-state index is 13.2. The highest BCUT2D eigenvalue weighted by atomic mass is 35.5. The van der Waals surface area contributed by atoms with Gasteiger partial charge in [-0.05, 0) is 30.7 Å². The minimum Gasteiger partial charge on any atom is -0.493 e. The fourth-order valence-electron chi connectivity index (χ4n) is 3.54. The third-order valence-corrected chi connectivity index (χ3v) is 6.25. The number of hydrogen-bond donors (Lipinski definition) is 0. The van der Waals surface area contributed by atoms with Crippen LogP contribution in [0.3, 0.4) is 0 Å². The number of nitrogens with zero attached hydrogens (tertiary/aromatic N) is 3.